The van der Waals surface area contributed by atoms with E-state index in [1.807, 2.05) is 6.92 Å². The highest BCUT2D eigenvalue weighted by Gasteiger charge is 2.50. The van der Waals surface area contributed by atoms with Gasteiger partial charge in [0, 0.05) is 37.9 Å². The molecule has 3 heterocycles. The number of guanidine groups is 1. The first-order chi connectivity index (χ1) is 20.9. The summed E-state index contributed by atoms with van der Waals surface area (Å²) in [6.07, 6.45) is 2.45. The Labute approximate surface area is 258 Å². The molecule has 0 aliphatic carbocycles. The monoisotopic (exact) mass is 637 g/mol. The Bertz CT molecular complexity index is 1170. The number of nitrogens with one attached hydrogen (secondary N) is 6. The highest BCUT2D eigenvalue weighted by molar-refractivity contribution is 7.15. The highest BCUT2D eigenvalue weighted by atomic mass is 31.0. The predicted octanol–water partition coefficient (Wildman–Crippen LogP) is -2.68. The van der Waals surface area contributed by atoms with Crippen LogP contribution in [-0.2, 0) is 33.6 Å². The van der Waals surface area contributed by atoms with E-state index in [0.29, 0.717) is 38.5 Å². The van der Waals surface area contributed by atoms with E-state index in [1.165, 1.54) is 11.8 Å². The molecule has 7 atom stereocenters. The number of fused-ring (bicyclic) bond motifs is 1. The van der Waals surface area contributed by atoms with Crippen molar-refractivity contribution in [3.63, 3.8) is 0 Å². The summed E-state index contributed by atoms with van der Waals surface area (Å²) in [7, 11) is 2.22. The number of rotatable bonds is 10. The summed E-state index contributed by atoms with van der Waals surface area (Å²) in [6, 6.07) is -4.65. The average molecular weight is 638 g/mol. The number of ketones is 1. The fourth-order valence-electron chi connectivity index (χ4n) is 5.86. The van der Waals surface area contributed by atoms with Gasteiger partial charge in [-0.05, 0) is 54.8 Å². The molecule has 3 aliphatic rings. The van der Waals surface area contributed by atoms with E-state index in [0.717, 1.165) is 0 Å². The first kappa shape index (κ1) is 34.7. The van der Waals surface area contributed by atoms with Gasteiger partial charge in [-0.2, -0.15) is 0 Å². The highest BCUT2D eigenvalue weighted by Crippen LogP contribution is 2.35. The standard InChI is InChI=1S/C27H44N9O7P/c1-3-5-20(38)30-12-15-11-16-7-8-19-25(42)33-17(6-4-9-29-27(28)35-44)23(40)31-13-21(39)32-18(10-14(2)37)24(41)34-22(15)26(43)36(16)19/h15-19,22H,3-13,44H2,1-2H3,(H,30,38)(H,31,40)(H,32,39)(H,33,42)(H,34,41)(H3,28,29,35)/t15-,16-,17-,18-,19-,22+/m0/s1. The maximum Gasteiger partial charge on any atom is 0.246 e. The molecule has 0 radical (unpaired) electrons. The zero-order chi connectivity index (χ0) is 32.4. The molecule has 1 unspecified atom stereocenters. The van der Waals surface area contributed by atoms with Crippen molar-refractivity contribution in [2.75, 3.05) is 19.6 Å². The van der Waals surface area contributed by atoms with Gasteiger partial charge in [0.05, 0.1) is 6.54 Å². The molecule has 0 aromatic heterocycles. The summed E-state index contributed by atoms with van der Waals surface area (Å²) in [5.74, 6) is -4.00. The lowest BCUT2D eigenvalue weighted by atomic mass is 9.85. The van der Waals surface area contributed by atoms with E-state index in [2.05, 4.69) is 46.1 Å². The molecule has 3 fully saturated rings. The van der Waals surface area contributed by atoms with E-state index in [4.69, 9.17) is 5.73 Å². The number of nitrogens with zero attached hydrogens (tertiary/aromatic N) is 2. The van der Waals surface area contributed by atoms with E-state index in [1.54, 1.807) is 0 Å². The summed E-state index contributed by atoms with van der Waals surface area (Å²) in [6.45, 7) is 3.02. The lowest BCUT2D eigenvalue weighted by Gasteiger charge is -2.42. The van der Waals surface area contributed by atoms with Crippen LogP contribution >= 0.6 is 9.39 Å². The van der Waals surface area contributed by atoms with E-state index >= 15 is 0 Å². The number of aliphatic imine (C=N–C) groups is 1. The Morgan fingerprint density at radius 3 is 2.48 bits per heavy atom. The molecule has 0 aromatic carbocycles. The number of hydrogen-bond donors (Lipinski definition) is 7. The third kappa shape index (κ3) is 9.34. The van der Waals surface area contributed by atoms with E-state index in [-0.39, 0.29) is 49.6 Å². The molecule has 2 bridgehead atoms. The van der Waals surface area contributed by atoms with Crippen LogP contribution < -0.4 is 37.4 Å². The first-order valence-corrected chi connectivity index (χ1v) is 15.6. The lowest BCUT2D eigenvalue weighted by molar-refractivity contribution is -0.149. The van der Waals surface area contributed by atoms with Crippen molar-refractivity contribution in [2.24, 2.45) is 16.6 Å². The molecule has 244 valence electrons. The topological polar surface area (TPSA) is 233 Å². The van der Waals surface area contributed by atoms with Gasteiger partial charge >= 0.3 is 0 Å². The number of piperidine rings is 1. The third-order valence-electron chi connectivity index (χ3n) is 7.99. The van der Waals surface area contributed by atoms with Crippen LogP contribution in [0.4, 0.5) is 0 Å². The SMILES string of the molecule is CCCC(=O)NC[C@@H]1C[C@@H]2CC[C@H]3C(=O)N[C@@H](CCCN=C(N)NP)C(=O)NCC(=O)N[C@@H](CC(C)=O)C(=O)N[C@H]1C(=O)N23. The van der Waals surface area contributed by atoms with Crippen LogP contribution in [0.25, 0.3) is 0 Å². The van der Waals surface area contributed by atoms with Crippen LogP contribution in [0.3, 0.4) is 0 Å². The number of Topliss-reactive ketones (excluding diaryl/α,β-unsaturated/α-hetero) is 1. The van der Waals surface area contributed by atoms with Gasteiger partial charge in [-0.15, -0.1) is 0 Å². The van der Waals surface area contributed by atoms with E-state index in [9.17, 15) is 33.6 Å². The zero-order valence-electron chi connectivity index (χ0n) is 25.1. The summed E-state index contributed by atoms with van der Waals surface area (Å²) in [5.41, 5.74) is 5.64. The van der Waals surface area contributed by atoms with Gasteiger partial charge in [-0.1, -0.05) is 6.92 Å². The summed E-state index contributed by atoms with van der Waals surface area (Å²) in [4.78, 5) is 96.6. The Kier molecular flexibility index (Phi) is 12.9. The molecule has 0 aromatic rings. The summed E-state index contributed by atoms with van der Waals surface area (Å²) in [5, 5.41) is 15.9. The summed E-state index contributed by atoms with van der Waals surface area (Å²) < 4.78 is 0. The maximum atomic E-state index is 14.0. The minimum atomic E-state index is -1.30. The van der Waals surface area contributed by atoms with Crippen LogP contribution in [0.2, 0.25) is 0 Å². The predicted molar refractivity (Wildman–Crippen MR) is 162 cm³/mol. The Hall–Kier alpha value is -3.81. The van der Waals surface area contributed by atoms with Crippen LogP contribution in [0.15, 0.2) is 4.99 Å². The minimum Gasteiger partial charge on any atom is -0.370 e. The van der Waals surface area contributed by atoms with Crippen molar-refractivity contribution >= 4 is 56.6 Å². The van der Waals surface area contributed by atoms with Gasteiger partial charge in [0.1, 0.15) is 30.0 Å². The van der Waals surface area contributed by atoms with Crippen molar-refractivity contribution in [1.82, 2.24) is 36.6 Å². The molecule has 0 saturated carbocycles. The van der Waals surface area contributed by atoms with Crippen LogP contribution in [0.5, 0.6) is 0 Å². The maximum absolute atomic E-state index is 14.0. The van der Waals surface area contributed by atoms with Gasteiger partial charge in [-0.3, -0.25) is 38.6 Å². The second kappa shape index (κ2) is 16.3. The molecule has 0 spiro atoms. The Morgan fingerprint density at radius 1 is 1.05 bits per heavy atom. The van der Waals surface area contributed by atoms with Gasteiger partial charge in [-0.25, -0.2) is 0 Å². The van der Waals surface area contributed by atoms with Crippen LogP contribution in [0.1, 0.15) is 65.2 Å². The largest absolute Gasteiger partial charge is 0.370 e. The van der Waals surface area contributed by atoms with Gasteiger partial charge < -0.3 is 42.3 Å². The number of nitrogens with two attached hydrogens (primary N) is 1. The molecule has 6 amide bonds. The first-order valence-electron chi connectivity index (χ1n) is 15.0. The molecular weight excluding hydrogens is 593 g/mol. The Balaban J connectivity index is 1.92. The van der Waals surface area contributed by atoms with Crippen molar-refractivity contribution in [2.45, 2.75) is 95.4 Å². The van der Waals surface area contributed by atoms with Crippen LogP contribution in [0, 0.1) is 5.92 Å². The second-order valence-electron chi connectivity index (χ2n) is 11.4. The molecular formula is C27H44N9O7P. The lowest BCUT2D eigenvalue weighted by Crippen LogP contribution is -2.65. The molecule has 3 saturated heterocycles. The van der Waals surface area contributed by atoms with E-state index < -0.39 is 66.2 Å². The minimum absolute atomic E-state index is 0.125. The Morgan fingerprint density at radius 2 is 1.80 bits per heavy atom. The van der Waals surface area contributed by atoms with Crippen molar-refractivity contribution in [3.8, 4) is 0 Å². The number of amides is 6. The molecule has 16 nitrogen and oxygen atoms in total. The van der Waals surface area contributed by atoms with Crippen molar-refractivity contribution < 1.29 is 33.6 Å². The van der Waals surface area contributed by atoms with Gasteiger partial charge in [0.15, 0.2) is 5.96 Å². The third-order valence-corrected chi connectivity index (χ3v) is 8.28. The molecule has 8 N–H and O–H groups in total. The number of hydrogen-bond acceptors (Lipinski definition) is 8. The molecule has 17 heteroatoms. The molecule has 3 rings (SSSR count). The summed E-state index contributed by atoms with van der Waals surface area (Å²) >= 11 is 0. The zero-order valence-corrected chi connectivity index (χ0v) is 26.3. The molecule has 3 aliphatic heterocycles. The van der Waals surface area contributed by atoms with Gasteiger partial charge in [0.2, 0.25) is 35.4 Å². The average Bonchev–Trinajstić information content (AvgIpc) is 3.41. The second-order valence-corrected chi connectivity index (χ2v) is 11.7. The fraction of sp³-hybridized carbons (Fsp3) is 0.704. The van der Waals surface area contributed by atoms with Crippen molar-refractivity contribution in [3.05, 3.63) is 0 Å². The number of carbonyl (C=O) groups is 7. The smallest absolute Gasteiger partial charge is 0.246 e. The number of carbonyl (C=O) groups excluding carboxylic acids is 7. The molecule has 44 heavy (non-hydrogen) atoms. The normalized spacial score (nSPS) is 28.1. The van der Waals surface area contributed by atoms with Gasteiger partial charge in [0.25, 0.3) is 0 Å². The van der Waals surface area contributed by atoms with Crippen molar-refractivity contribution in [1.29, 1.82) is 0 Å². The van der Waals surface area contributed by atoms with Crippen LogP contribution in [-0.4, -0.2) is 102 Å². The fourth-order valence-corrected chi connectivity index (χ4v) is 5.95. The quantitative estimate of drug-likeness (QED) is 0.0572.